The molecule has 2 N–H and O–H groups in total. The minimum absolute atomic E-state index is 0.0586. The van der Waals surface area contributed by atoms with Crippen molar-refractivity contribution in [3.63, 3.8) is 0 Å². The summed E-state index contributed by atoms with van der Waals surface area (Å²) in [7, 11) is 0. The summed E-state index contributed by atoms with van der Waals surface area (Å²) in [6.45, 7) is 3.54. The van der Waals surface area contributed by atoms with Crippen LogP contribution >= 0.6 is 0 Å². The Morgan fingerprint density at radius 2 is 1.67 bits per heavy atom. The molecule has 2 aromatic carbocycles. The summed E-state index contributed by atoms with van der Waals surface area (Å²) in [4.78, 5) is 24.0. The molecule has 0 aliphatic rings. The zero-order valence-electron chi connectivity index (χ0n) is 17.2. The number of hydrogen-bond donors (Lipinski definition) is 2. The van der Waals surface area contributed by atoms with E-state index in [-0.39, 0.29) is 36.4 Å². The maximum Gasteiger partial charge on any atom is 0.387 e. The van der Waals surface area contributed by atoms with Crippen LogP contribution in [0.15, 0.2) is 48.5 Å². The van der Waals surface area contributed by atoms with Gasteiger partial charge in [0.2, 0.25) is 5.91 Å². The summed E-state index contributed by atoms with van der Waals surface area (Å²) in [6, 6.07) is 13.3. The van der Waals surface area contributed by atoms with Crippen LogP contribution in [-0.4, -0.2) is 38.1 Å². The van der Waals surface area contributed by atoms with Gasteiger partial charge in [-0.05, 0) is 35.2 Å². The van der Waals surface area contributed by atoms with E-state index in [1.54, 1.807) is 0 Å². The molecule has 2 aromatic rings. The fraction of sp³-hybridized carbons (Fsp3) is 0.364. The fourth-order valence-corrected chi connectivity index (χ4v) is 2.58. The van der Waals surface area contributed by atoms with E-state index in [4.69, 9.17) is 4.74 Å². The van der Waals surface area contributed by atoms with E-state index in [0.717, 1.165) is 0 Å². The molecular formula is C22H26F2N2O4. The van der Waals surface area contributed by atoms with Crippen molar-refractivity contribution in [2.24, 2.45) is 0 Å². The van der Waals surface area contributed by atoms with Crippen LogP contribution < -0.4 is 20.1 Å². The second kappa shape index (κ2) is 10.6. The number of alkyl halides is 2. The summed E-state index contributed by atoms with van der Waals surface area (Å²) >= 11 is 0. The predicted octanol–water partition coefficient (Wildman–Crippen LogP) is 3.51. The minimum Gasteiger partial charge on any atom is -0.492 e. The Kier molecular flexibility index (Phi) is 8.15. The fourth-order valence-electron chi connectivity index (χ4n) is 2.58. The number of halogens is 2. The molecular weight excluding hydrogens is 394 g/mol. The third-order valence-electron chi connectivity index (χ3n) is 4.17. The number of carbonyl (C=O) groups is 2. The van der Waals surface area contributed by atoms with E-state index in [2.05, 4.69) is 36.1 Å². The smallest absolute Gasteiger partial charge is 0.387 e. The summed E-state index contributed by atoms with van der Waals surface area (Å²) < 4.78 is 34.7. The quantitative estimate of drug-likeness (QED) is 0.609. The maximum atomic E-state index is 12.4. The first-order valence-electron chi connectivity index (χ1n) is 9.49. The van der Waals surface area contributed by atoms with Crippen LogP contribution in [0.25, 0.3) is 0 Å². The summed E-state index contributed by atoms with van der Waals surface area (Å²) in [5.74, 6) is -0.670. The average Bonchev–Trinajstić information content (AvgIpc) is 2.69. The molecule has 2 rings (SSSR count). The van der Waals surface area contributed by atoms with Crippen LogP contribution in [0.2, 0.25) is 0 Å². The zero-order chi connectivity index (χ0) is 22.1. The molecule has 162 valence electrons. The normalized spacial score (nSPS) is 11.1. The second-order valence-corrected chi connectivity index (χ2v) is 7.53. The Hall–Kier alpha value is -3.16. The van der Waals surface area contributed by atoms with Crippen molar-refractivity contribution in [2.75, 3.05) is 19.7 Å². The van der Waals surface area contributed by atoms with Crippen molar-refractivity contribution < 1.29 is 27.8 Å². The van der Waals surface area contributed by atoms with Gasteiger partial charge in [0.1, 0.15) is 18.1 Å². The lowest BCUT2D eigenvalue weighted by Gasteiger charge is -2.19. The first-order chi connectivity index (χ1) is 14.2. The van der Waals surface area contributed by atoms with Gasteiger partial charge in [-0.3, -0.25) is 9.59 Å². The molecule has 30 heavy (non-hydrogen) atoms. The van der Waals surface area contributed by atoms with Crippen molar-refractivity contribution >= 4 is 11.8 Å². The molecule has 0 aromatic heterocycles. The largest absolute Gasteiger partial charge is 0.492 e. The summed E-state index contributed by atoms with van der Waals surface area (Å²) in [5, 5.41) is 4.99. The highest BCUT2D eigenvalue weighted by atomic mass is 19.3. The van der Waals surface area contributed by atoms with Crippen LogP contribution in [0.1, 0.15) is 36.7 Å². The third-order valence-corrected chi connectivity index (χ3v) is 4.17. The van der Waals surface area contributed by atoms with Crippen molar-refractivity contribution in [1.29, 1.82) is 0 Å². The number of rotatable bonds is 9. The number of hydrogen-bond acceptors (Lipinski definition) is 4. The lowest BCUT2D eigenvalue weighted by atomic mass is 9.87. The molecule has 0 unspecified atom stereocenters. The average molecular weight is 420 g/mol. The molecule has 2 amide bonds. The molecule has 0 spiro atoms. The standard InChI is InChI=1S/C22H26F2N2O4/c1-22(2,3)15-8-10-16(11-9-15)29-13-12-25-19(27)14-26-20(28)17-6-4-5-7-18(17)30-21(23)24/h4-11,21H,12-14H2,1-3H3,(H,25,27)(H,26,28). The van der Waals surface area contributed by atoms with Gasteiger partial charge in [0.15, 0.2) is 0 Å². The maximum absolute atomic E-state index is 12.4. The van der Waals surface area contributed by atoms with Crippen LogP contribution in [0.3, 0.4) is 0 Å². The van der Waals surface area contributed by atoms with Crippen molar-refractivity contribution in [3.8, 4) is 11.5 Å². The number of nitrogens with one attached hydrogen (secondary N) is 2. The minimum atomic E-state index is -3.05. The Morgan fingerprint density at radius 3 is 2.30 bits per heavy atom. The molecule has 0 bridgehead atoms. The Bertz CT molecular complexity index is 849. The van der Waals surface area contributed by atoms with Crippen molar-refractivity contribution in [3.05, 3.63) is 59.7 Å². The van der Waals surface area contributed by atoms with Crippen molar-refractivity contribution in [1.82, 2.24) is 10.6 Å². The molecule has 6 nitrogen and oxygen atoms in total. The highest BCUT2D eigenvalue weighted by Gasteiger charge is 2.16. The molecule has 0 atom stereocenters. The van der Waals surface area contributed by atoms with E-state index in [0.29, 0.717) is 5.75 Å². The van der Waals surface area contributed by atoms with Gasteiger partial charge in [-0.1, -0.05) is 45.0 Å². The summed E-state index contributed by atoms with van der Waals surface area (Å²) in [6.07, 6.45) is 0. The zero-order valence-corrected chi connectivity index (χ0v) is 17.2. The predicted molar refractivity (Wildman–Crippen MR) is 109 cm³/mol. The van der Waals surface area contributed by atoms with Crippen LogP contribution in [0.5, 0.6) is 11.5 Å². The van der Waals surface area contributed by atoms with Gasteiger partial charge in [0.05, 0.1) is 18.7 Å². The molecule has 0 heterocycles. The molecule has 0 aliphatic heterocycles. The van der Waals surface area contributed by atoms with Gasteiger partial charge in [0.25, 0.3) is 5.91 Å². The SMILES string of the molecule is CC(C)(C)c1ccc(OCCNC(=O)CNC(=O)c2ccccc2OC(F)F)cc1. The number of para-hydroxylation sites is 1. The highest BCUT2D eigenvalue weighted by molar-refractivity contribution is 5.98. The lowest BCUT2D eigenvalue weighted by molar-refractivity contribution is -0.120. The highest BCUT2D eigenvalue weighted by Crippen LogP contribution is 2.24. The first kappa shape index (κ1) is 23.1. The monoisotopic (exact) mass is 420 g/mol. The van der Waals surface area contributed by atoms with E-state index in [9.17, 15) is 18.4 Å². The molecule has 0 saturated heterocycles. The van der Waals surface area contributed by atoms with Gasteiger partial charge in [-0.25, -0.2) is 0 Å². The molecule has 0 fully saturated rings. The molecule has 0 radical (unpaired) electrons. The first-order valence-corrected chi connectivity index (χ1v) is 9.49. The van der Waals surface area contributed by atoms with E-state index >= 15 is 0 Å². The Labute approximate surface area is 174 Å². The Balaban J connectivity index is 1.72. The molecule has 8 heteroatoms. The van der Waals surface area contributed by atoms with E-state index < -0.39 is 18.4 Å². The van der Waals surface area contributed by atoms with E-state index in [1.807, 2.05) is 24.3 Å². The molecule has 0 saturated carbocycles. The van der Waals surface area contributed by atoms with Crippen LogP contribution in [0, 0.1) is 0 Å². The van der Waals surface area contributed by atoms with Crippen LogP contribution in [0.4, 0.5) is 8.78 Å². The number of benzene rings is 2. The second-order valence-electron chi connectivity index (χ2n) is 7.53. The van der Waals surface area contributed by atoms with Crippen LogP contribution in [-0.2, 0) is 10.2 Å². The summed E-state index contributed by atoms with van der Waals surface area (Å²) in [5.41, 5.74) is 1.18. The van der Waals surface area contributed by atoms with Gasteiger partial charge >= 0.3 is 6.61 Å². The van der Waals surface area contributed by atoms with E-state index in [1.165, 1.54) is 29.8 Å². The van der Waals surface area contributed by atoms with Gasteiger partial charge in [-0.15, -0.1) is 0 Å². The number of carbonyl (C=O) groups excluding carboxylic acids is 2. The van der Waals surface area contributed by atoms with Gasteiger partial charge in [0, 0.05) is 0 Å². The van der Waals surface area contributed by atoms with Crippen molar-refractivity contribution in [2.45, 2.75) is 32.8 Å². The number of amides is 2. The topological polar surface area (TPSA) is 76.7 Å². The molecule has 0 aliphatic carbocycles. The number of ether oxygens (including phenoxy) is 2. The van der Waals surface area contributed by atoms with Gasteiger partial charge < -0.3 is 20.1 Å². The Morgan fingerprint density at radius 1 is 1.00 bits per heavy atom. The third kappa shape index (κ3) is 7.35. The van der Waals surface area contributed by atoms with Gasteiger partial charge in [-0.2, -0.15) is 8.78 Å². The lowest BCUT2D eigenvalue weighted by Crippen LogP contribution is -2.38.